The molecule has 1 aromatic carbocycles. The lowest BCUT2D eigenvalue weighted by molar-refractivity contribution is -0.246. The predicted molar refractivity (Wildman–Crippen MR) is 98.6 cm³/mol. The molecule has 2 aliphatic rings. The lowest BCUT2D eigenvalue weighted by Gasteiger charge is -2.51. The van der Waals surface area contributed by atoms with Crippen molar-refractivity contribution in [3.63, 3.8) is 0 Å². The van der Waals surface area contributed by atoms with Gasteiger partial charge in [-0.25, -0.2) is 0 Å². The van der Waals surface area contributed by atoms with E-state index in [1.807, 2.05) is 18.2 Å². The number of ether oxygens (including phenoxy) is 1. The Kier molecular flexibility index (Phi) is 4.65. The van der Waals surface area contributed by atoms with Crippen molar-refractivity contribution < 1.29 is 19.4 Å². The topological polar surface area (TPSA) is 66.1 Å². The molecular weight excluding hydrogens is 330 g/mol. The summed E-state index contributed by atoms with van der Waals surface area (Å²) >= 11 is 0. The van der Waals surface area contributed by atoms with Gasteiger partial charge in [-0.05, 0) is 37.5 Å². The van der Waals surface area contributed by atoms with E-state index in [0.717, 1.165) is 43.8 Å². The zero-order valence-corrected chi connectivity index (χ0v) is 15.2. The molecule has 2 saturated heterocycles. The molecule has 0 saturated carbocycles. The van der Waals surface area contributed by atoms with Crippen molar-refractivity contribution in [2.45, 2.75) is 50.0 Å². The SMILES string of the molecule is C[C@@]1(O)CCOC2(CCN(Cc3ccccc3-c3ccco3)CC2)[C@H]1O. The lowest BCUT2D eigenvalue weighted by Crippen LogP contribution is -2.64. The number of piperidine rings is 1. The van der Waals surface area contributed by atoms with Gasteiger partial charge in [0.1, 0.15) is 11.9 Å². The molecule has 0 unspecified atom stereocenters. The number of benzene rings is 1. The molecule has 1 aromatic heterocycles. The largest absolute Gasteiger partial charge is 0.464 e. The van der Waals surface area contributed by atoms with Crippen molar-refractivity contribution in [1.82, 2.24) is 4.90 Å². The Labute approximate surface area is 154 Å². The first-order valence-corrected chi connectivity index (χ1v) is 9.39. The Morgan fingerprint density at radius 1 is 1.12 bits per heavy atom. The average Bonchev–Trinajstić information content (AvgIpc) is 3.17. The highest BCUT2D eigenvalue weighted by molar-refractivity contribution is 5.61. The molecule has 5 heteroatoms. The van der Waals surface area contributed by atoms with Crippen LogP contribution in [0.4, 0.5) is 0 Å². The normalized spacial score (nSPS) is 29.1. The molecule has 0 bridgehead atoms. The molecule has 26 heavy (non-hydrogen) atoms. The van der Waals surface area contributed by atoms with Crippen molar-refractivity contribution in [3.05, 3.63) is 48.2 Å². The minimum absolute atomic E-state index is 0.482. The third-order valence-corrected chi connectivity index (χ3v) is 5.99. The van der Waals surface area contributed by atoms with Gasteiger partial charge >= 0.3 is 0 Å². The first kappa shape index (κ1) is 17.7. The van der Waals surface area contributed by atoms with Gasteiger partial charge in [0.25, 0.3) is 0 Å². The van der Waals surface area contributed by atoms with Crippen LogP contribution in [-0.4, -0.2) is 52.1 Å². The van der Waals surface area contributed by atoms with Crippen molar-refractivity contribution in [1.29, 1.82) is 0 Å². The third-order valence-electron chi connectivity index (χ3n) is 5.99. The van der Waals surface area contributed by atoms with Crippen LogP contribution >= 0.6 is 0 Å². The summed E-state index contributed by atoms with van der Waals surface area (Å²) in [6.45, 7) is 4.72. The van der Waals surface area contributed by atoms with Gasteiger partial charge in [-0.15, -0.1) is 0 Å². The van der Waals surface area contributed by atoms with Crippen molar-refractivity contribution >= 4 is 0 Å². The van der Waals surface area contributed by atoms with Crippen molar-refractivity contribution in [2.75, 3.05) is 19.7 Å². The first-order valence-electron chi connectivity index (χ1n) is 9.39. The maximum absolute atomic E-state index is 10.7. The smallest absolute Gasteiger partial charge is 0.134 e. The molecule has 2 aliphatic heterocycles. The van der Waals surface area contributed by atoms with Crippen LogP contribution in [0.2, 0.25) is 0 Å². The Bertz CT molecular complexity index is 732. The number of likely N-dealkylation sites (tertiary alicyclic amines) is 1. The van der Waals surface area contributed by atoms with Crippen LogP contribution in [0.15, 0.2) is 47.1 Å². The van der Waals surface area contributed by atoms with Gasteiger partial charge in [0.05, 0.1) is 24.1 Å². The van der Waals surface area contributed by atoms with Gasteiger partial charge in [-0.1, -0.05) is 24.3 Å². The van der Waals surface area contributed by atoms with E-state index in [9.17, 15) is 10.2 Å². The average molecular weight is 357 g/mol. The third kappa shape index (κ3) is 3.21. The maximum Gasteiger partial charge on any atom is 0.134 e. The standard InChI is InChI=1S/C21H27NO4/c1-20(24)10-14-26-21(19(20)23)8-11-22(12-9-21)15-16-5-2-3-6-17(16)18-7-4-13-25-18/h2-7,13,19,23-24H,8-12,14-15H2,1H3/t19-,20+/m0/s1. The Morgan fingerprint density at radius 3 is 2.62 bits per heavy atom. The van der Waals surface area contributed by atoms with E-state index < -0.39 is 17.3 Å². The quantitative estimate of drug-likeness (QED) is 0.884. The predicted octanol–water partition coefficient (Wildman–Crippen LogP) is 2.81. The summed E-state index contributed by atoms with van der Waals surface area (Å²) in [4.78, 5) is 2.38. The molecule has 2 aromatic rings. The van der Waals surface area contributed by atoms with Crippen LogP contribution in [0.5, 0.6) is 0 Å². The number of aliphatic hydroxyl groups is 2. The van der Waals surface area contributed by atoms with Crippen LogP contribution in [0.1, 0.15) is 31.7 Å². The summed E-state index contributed by atoms with van der Waals surface area (Å²) in [6.07, 6.45) is 2.81. The summed E-state index contributed by atoms with van der Waals surface area (Å²) in [7, 11) is 0. The van der Waals surface area contributed by atoms with E-state index >= 15 is 0 Å². The van der Waals surface area contributed by atoms with Gasteiger partial charge in [0, 0.05) is 31.6 Å². The molecule has 2 fully saturated rings. The Balaban J connectivity index is 1.45. The van der Waals surface area contributed by atoms with Crippen molar-refractivity contribution in [3.8, 4) is 11.3 Å². The number of hydrogen-bond acceptors (Lipinski definition) is 5. The number of nitrogens with zero attached hydrogens (tertiary/aromatic N) is 1. The second-order valence-electron chi connectivity index (χ2n) is 7.83. The van der Waals surface area contributed by atoms with Gasteiger partial charge < -0.3 is 19.4 Å². The molecule has 0 aliphatic carbocycles. The van der Waals surface area contributed by atoms with Crippen LogP contribution in [0.25, 0.3) is 11.3 Å². The molecule has 140 valence electrons. The summed E-state index contributed by atoms with van der Waals surface area (Å²) < 4.78 is 11.6. The summed E-state index contributed by atoms with van der Waals surface area (Å²) in [5.74, 6) is 0.885. The minimum Gasteiger partial charge on any atom is -0.464 e. The van der Waals surface area contributed by atoms with E-state index in [2.05, 4.69) is 23.1 Å². The summed E-state index contributed by atoms with van der Waals surface area (Å²) in [6, 6.07) is 12.2. The van der Waals surface area contributed by atoms with E-state index in [1.54, 1.807) is 13.2 Å². The van der Waals surface area contributed by atoms with E-state index in [0.29, 0.717) is 13.0 Å². The zero-order chi connectivity index (χ0) is 18.2. The first-order chi connectivity index (χ1) is 12.5. The number of aliphatic hydroxyl groups excluding tert-OH is 1. The number of rotatable bonds is 3. The molecule has 2 N–H and O–H groups in total. The fourth-order valence-corrected chi connectivity index (χ4v) is 4.32. The summed E-state index contributed by atoms with van der Waals surface area (Å²) in [5, 5.41) is 21.1. The van der Waals surface area contributed by atoms with Gasteiger partial charge in [-0.2, -0.15) is 0 Å². The second kappa shape index (κ2) is 6.82. The molecule has 0 amide bonds. The van der Waals surface area contributed by atoms with Gasteiger partial charge in [-0.3, -0.25) is 4.90 Å². The zero-order valence-electron chi connectivity index (χ0n) is 15.2. The number of furan rings is 1. The van der Waals surface area contributed by atoms with Gasteiger partial charge in [0.15, 0.2) is 0 Å². The van der Waals surface area contributed by atoms with E-state index in [4.69, 9.17) is 9.15 Å². The minimum atomic E-state index is -1.06. The fraction of sp³-hybridized carbons (Fsp3) is 0.524. The molecule has 1 spiro atoms. The molecule has 3 heterocycles. The fourth-order valence-electron chi connectivity index (χ4n) is 4.32. The van der Waals surface area contributed by atoms with Crippen LogP contribution in [0, 0.1) is 0 Å². The highest BCUT2D eigenvalue weighted by Crippen LogP contribution is 2.40. The van der Waals surface area contributed by atoms with E-state index in [1.165, 1.54) is 5.56 Å². The number of hydrogen-bond donors (Lipinski definition) is 2. The van der Waals surface area contributed by atoms with E-state index in [-0.39, 0.29) is 0 Å². The van der Waals surface area contributed by atoms with Gasteiger partial charge in [0.2, 0.25) is 0 Å². The Hall–Kier alpha value is -1.66. The van der Waals surface area contributed by atoms with Crippen LogP contribution < -0.4 is 0 Å². The summed E-state index contributed by atoms with van der Waals surface area (Å²) in [5.41, 5.74) is 0.677. The molecule has 0 radical (unpaired) electrons. The monoisotopic (exact) mass is 357 g/mol. The lowest BCUT2D eigenvalue weighted by atomic mass is 9.75. The highest BCUT2D eigenvalue weighted by atomic mass is 16.5. The van der Waals surface area contributed by atoms with Crippen LogP contribution in [-0.2, 0) is 11.3 Å². The van der Waals surface area contributed by atoms with Crippen LogP contribution in [0.3, 0.4) is 0 Å². The molecule has 4 rings (SSSR count). The molecule has 5 nitrogen and oxygen atoms in total. The second-order valence-corrected chi connectivity index (χ2v) is 7.83. The Morgan fingerprint density at radius 2 is 1.88 bits per heavy atom. The van der Waals surface area contributed by atoms with Crippen molar-refractivity contribution in [2.24, 2.45) is 0 Å². The molecular formula is C21H27NO4. The highest BCUT2D eigenvalue weighted by Gasteiger charge is 2.52. The maximum atomic E-state index is 10.7. The molecule has 2 atom stereocenters.